The average Bonchev–Trinajstić information content (AvgIpc) is 3.11. The van der Waals surface area contributed by atoms with E-state index in [1.54, 1.807) is 12.2 Å². The summed E-state index contributed by atoms with van der Waals surface area (Å²) in [5.74, 6) is 1.53. The summed E-state index contributed by atoms with van der Waals surface area (Å²) in [5, 5.41) is 4.39. The van der Waals surface area contributed by atoms with Gasteiger partial charge in [-0.3, -0.25) is 0 Å². The maximum absolute atomic E-state index is 6.35. The van der Waals surface area contributed by atoms with Gasteiger partial charge in [-0.1, -0.05) is 65.8 Å². The lowest BCUT2D eigenvalue weighted by atomic mass is 10.1. The third-order valence-electron chi connectivity index (χ3n) is 3.54. The molecule has 0 N–H and O–H groups in total. The molecule has 5 heteroatoms. The van der Waals surface area contributed by atoms with E-state index in [-0.39, 0.29) is 5.89 Å². The lowest BCUT2D eigenvalue weighted by Gasteiger charge is -2.03. The minimum absolute atomic E-state index is 0.275. The van der Waals surface area contributed by atoms with Crippen molar-refractivity contribution in [3.05, 3.63) is 78.2 Å². The highest BCUT2D eigenvalue weighted by molar-refractivity contribution is 6.50. The predicted molar refractivity (Wildman–Crippen MR) is 100 cm³/mol. The Kier molecular flexibility index (Phi) is 5.31. The lowest BCUT2D eigenvalue weighted by Crippen LogP contribution is -1.92. The van der Waals surface area contributed by atoms with Crippen LogP contribution >= 0.6 is 11.6 Å². The Bertz CT molecular complexity index is 915. The highest BCUT2D eigenvalue weighted by Crippen LogP contribution is 2.26. The second-order valence-electron chi connectivity index (χ2n) is 5.40. The van der Waals surface area contributed by atoms with E-state index in [4.69, 9.17) is 20.9 Å². The van der Waals surface area contributed by atoms with Gasteiger partial charge in [0.1, 0.15) is 17.4 Å². The Labute approximate surface area is 151 Å². The molecule has 3 rings (SSSR count). The second kappa shape index (κ2) is 7.81. The van der Waals surface area contributed by atoms with Crippen molar-refractivity contribution in [2.24, 2.45) is 0 Å². The first kappa shape index (κ1) is 17.0. The smallest absolute Gasteiger partial charge is 0.269 e. The van der Waals surface area contributed by atoms with Crippen molar-refractivity contribution in [1.82, 2.24) is 10.1 Å². The van der Waals surface area contributed by atoms with Gasteiger partial charge in [0.25, 0.3) is 5.89 Å². The van der Waals surface area contributed by atoms with E-state index in [0.29, 0.717) is 17.5 Å². The van der Waals surface area contributed by atoms with Crippen LogP contribution in [0.4, 0.5) is 0 Å². The molecule has 0 bridgehead atoms. The summed E-state index contributed by atoms with van der Waals surface area (Å²) in [7, 11) is 0. The molecule has 126 valence electrons. The third kappa shape index (κ3) is 4.17. The number of ether oxygens (including phenoxy) is 1. The molecule has 2 aromatic carbocycles. The molecule has 0 saturated heterocycles. The van der Waals surface area contributed by atoms with Crippen LogP contribution in [0, 0.1) is 6.92 Å². The minimum atomic E-state index is 0.275. The highest BCUT2D eigenvalue weighted by atomic mass is 35.5. The number of hydrogen-bond donors (Lipinski definition) is 0. The van der Waals surface area contributed by atoms with Crippen molar-refractivity contribution in [1.29, 1.82) is 0 Å². The van der Waals surface area contributed by atoms with Crippen molar-refractivity contribution >= 4 is 22.7 Å². The van der Waals surface area contributed by atoms with Gasteiger partial charge in [0.05, 0.1) is 0 Å². The summed E-state index contributed by atoms with van der Waals surface area (Å²) >= 11 is 6.35. The van der Waals surface area contributed by atoms with Crippen LogP contribution in [0.3, 0.4) is 0 Å². The van der Waals surface area contributed by atoms with Gasteiger partial charge in [0.2, 0.25) is 5.82 Å². The maximum Gasteiger partial charge on any atom is 0.269 e. The van der Waals surface area contributed by atoms with E-state index in [1.807, 2.05) is 55.5 Å². The molecule has 0 fully saturated rings. The van der Waals surface area contributed by atoms with Gasteiger partial charge >= 0.3 is 0 Å². The van der Waals surface area contributed by atoms with Crippen molar-refractivity contribution in [2.45, 2.75) is 6.92 Å². The summed E-state index contributed by atoms with van der Waals surface area (Å²) in [6.07, 6.45) is 3.46. The van der Waals surface area contributed by atoms with Crippen LogP contribution in [-0.2, 0) is 0 Å². The fourth-order valence-corrected chi connectivity index (χ4v) is 2.51. The van der Waals surface area contributed by atoms with Gasteiger partial charge < -0.3 is 9.26 Å². The van der Waals surface area contributed by atoms with E-state index in [9.17, 15) is 0 Å². The number of aromatic nitrogens is 2. The number of aryl methyl sites for hydroxylation is 1. The Morgan fingerprint density at radius 3 is 2.88 bits per heavy atom. The standard InChI is InChI=1S/C20H17ClN2O2/c1-3-11-24-16-9-6-8-15(12-16)13-18(21)20-22-19(23-25-20)17-10-5-4-7-14(17)2/h3-10,12-13H,1,11H2,2H3/b18-13-. The number of nitrogens with zero attached hydrogens (tertiary/aromatic N) is 2. The predicted octanol–water partition coefficient (Wildman–Crippen LogP) is 5.35. The number of benzene rings is 2. The van der Waals surface area contributed by atoms with E-state index in [0.717, 1.165) is 22.4 Å². The van der Waals surface area contributed by atoms with Gasteiger partial charge in [-0.2, -0.15) is 4.98 Å². The molecule has 1 heterocycles. The zero-order valence-electron chi connectivity index (χ0n) is 13.8. The molecule has 4 nitrogen and oxygen atoms in total. The van der Waals surface area contributed by atoms with E-state index < -0.39 is 0 Å². The van der Waals surface area contributed by atoms with Crippen LogP contribution in [0.1, 0.15) is 17.0 Å². The van der Waals surface area contributed by atoms with Crippen LogP contribution in [0.15, 0.2) is 65.7 Å². The van der Waals surface area contributed by atoms with Crippen molar-refractivity contribution in [2.75, 3.05) is 6.61 Å². The van der Waals surface area contributed by atoms with Gasteiger partial charge in [0, 0.05) is 5.56 Å². The summed E-state index contributed by atoms with van der Waals surface area (Å²) in [5.41, 5.74) is 2.87. The first-order valence-electron chi connectivity index (χ1n) is 7.78. The van der Waals surface area contributed by atoms with Crippen molar-refractivity contribution in [3.8, 4) is 17.1 Å². The van der Waals surface area contributed by atoms with Crippen molar-refractivity contribution in [3.63, 3.8) is 0 Å². The van der Waals surface area contributed by atoms with Gasteiger partial charge in [-0.05, 0) is 36.3 Å². The number of halogens is 1. The molecular formula is C20H17ClN2O2. The molecule has 0 aliphatic heterocycles. The topological polar surface area (TPSA) is 48.2 Å². The molecule has 0 saturated carbocycles. The van der Waals surface area contributed by atoms with E-state index in [2.05, 4.69) is 16.7 Å². The summed E-state index contributed by atoms with van der Waals surface area (Å²) in [6, 6.07) is 15.4. The van der Waals surface area contributed by atoms with Gasteiger partial charge in [-0.25, -0.2) is 0 Å². The molecule has 3 aromatic rings. The van der Waals surface area contributed by atoms with Crippen LogP contribution < -0.4 is 4.74 Å². The summed E-state index contributed by atoms with van der Waals surface area (Å²) in [4.78, 5) is 4.39. The molecule has 0 aliphatic rings. The van der Waals surface area contributed by atoms with E-state index >= 15 is 0 Å². The Hall–Kier alpha value is -2.85. The van der Waals surface area contributed by atoms with Gasteiger partial charge in [-0.15, -0.1) is 0 Å². The molecule has 1 aromatic heterocycles. The molecule has 0 radical (unpaired) electrons. The highest BCUT2D eigenvalue weighted by Gasteiger charge is 2.13. The van der Waals surface area contributed by atoms with Crippen molar-refractivity contribution < 1.29 is 9.26 Å². The fourth-order valence-electron chi connectivity index (χ4n) is 2.31. The normalized spacial score (nSPS) is 11.4. The zero-order valence-corrected chi connectivity index (χ0v) is 14.5. The lowest BCUT2D eigenvalue weighted by molar-refractivity contribution is 0.363. The third-order valence-corrected chi connectivity index (χ3v) is 3.81. The molecule has 0 spiro atoms. The monoisotopic (exact) mass is 352 g/mol. The zero-order chi connectivity index (χ0) is 17.6. The Morgan fingerprint density at radius 1 is 1.24 bits per heavy atom. The first-order valence-corrected chi connectivity index (χ1v) is 8.16. The maximum atomic E-state index is 6.35. The van der Waals surface area contributed by atoms with Crippen LogP contribution in [-0.4, -0.2) is 16.7 Å². The molecule has 0 unspecified atom stereocenters. The van der Waals surface area contributed by atoms with Crippen LogP contribution in [0.5, 0.6) is 5.75 Å². The van der Waals surface area contributed by atoms with Gasteiger partial charge in [0.15, 0.2) is 0 Å². The fraction of sp³-hybridized carbons (Fsp3) is 0.100. The molecule has 0 amide bonds. The quantitative estimate of drug-likeness (QED) is 0.561. The Morgan fingerprint density at radius 2 is 2.08 bits per heavy atom. The molecule has 0 aliphatic carbocycles. The molecule has 0 atom stereocenters. The first-order chi connectivity index (χ1) is 12.2. The summed E-state index contributed by atoms with van der Waals surface area (Å²) < 4.78 is 10.8. The largest absolute Gasteiger partial charge is 0.490 e. The number of hydrogen-bond acceptors (Lipinski definition) is 4. The molecular weight excluding hydrogens is 336 g/mol. The van der Waals surface area contributed by atoms with Crippen LogP contribution in [0.25, 0.3) is 22.5 Å². The minimum Gasteiger partial charge on any atom is -0.490 e. The van der Waals surface area contributed by atoms with Crippen LogP contribution in [0.2, 0.25) is 0 Å². The SMILES string of the molecule is C=CCOc1cccc(/C=C(\Cl)c2nc(-c3ccccc3C)no2)c1. The average molecular weight is 353 g/mol. The second-order valence-corrected chi connectivity index (χ2v) is 5.81. The Balaban J connectivity index is 1.84. The molecule has 25 heavy (non-hydrogen) atoms. The van der Waals surface area contributed by atoms with E-state index in [1.165, 1.54) is 0 Å². The summed E-state index contributed by atoms with van der Waals surface area (Å²) in [6.45, 7) is 6.08. The number of rotatable bonds is 6.